The van der Waals surface area contributed by atoms with E-state index in [0.29, 0.717) is 24.5 Å². The van der Waals surface area contributed by atoms with E-state index in [9.17, 15) is 4.39 Å². The number of nitrogens with two attached hydrogens (primary N) is 1. The summed E-state index contributed by atoms with van der Waals surface area (Å²) in [5.74, 6) is 0.231. The summed E-state index contributed by atoms with van der Waals surface area (Å²) in [5, 5.41) is 0. The first kappa shape index (κ1) is 12.5. The molecule has 1 aromatic carbocycles. The summed E-state index contributed by atoms with van der Waals surface area (Å²) >= 11 is 0. The standard InChI is InChI=1S/C14H15FN2O/c1-10-5-6-13(7-14(10)15)18-9-12-4-2-3-11(8-16)17-12/h2-7H,8-9,16H2,1H3. The van der Waals surface area contributed by atoms with Crippen LogP contribution in [0.25, 0.3) is 0 Å². The maximum Gasteiger partial charge on any atom is 0.130 e. The number of benzene rings is 1. The van der Waals surface area contributed by atoms with Gasteiger partial charge in [-0.25, -0.2) is 4.39 Å². The fourth-order valence-electron chi connectivity index (χ4n) is 1.54. The van der Waals surface area contributed by atoms with Crippen LogP contribution in [0.5, 0.6) is 5.75 Å². The van der Waals surface area contributed by atoms with Crippen LogP contribution in [0, 0.1) is 12.7 Å². The van der Waals surface area contributed by atoms with Gasteiger partial charge in [-0.1, -0.05) is 12.1 Å². The van der Waals surface area contributed by atoms with Gasteiger partial charge in [-0.05, 0) is 30.7 Å². The minimum absolute atomic E-state index is 0.267. The highest BCUT2D eigenvalue weighted by Gasteiger charge is 2.02. The molecule has 94 valence electrons. The maximum atomic E-state index is 13.3. The largest absolute Gasteiger partial charge is 0.487 e. The van der Waals surface area contributed by atoms with Crippen LogP contribution in [0.4, 0.5) is 4.39 Å². The predicted molar refractivity (Wildman–Crippen MR) is 67.6 cm³/mol. The lowest BCUT2D eigenvalue weighted by molar-refractivity contribution is 0.299. The van der Waals surface area contributed by atoms with Crippen LogP contribution < -0.4 is 10.5 Å². The van der Waals surface area contributed by atoms with Crippen molar-refractivity contribution in [2.24, 2.45) is 5.73 Å². The van der Waals surface area contributed by atoms with Gasteiger partial charge < -0.3 is 10.5 Å². The molecule has 18 heavy (non-hydrogen) atoms. The van der Waals surface area contributed by atoms with E-state index in [1.165, 1.54) is 6.07 Å². The van der Waals surface area contributed by atoms with Gasteiger partial charge in [0.1, 0.15) is 18.2 Å². The molecule has 0 aliphatic carbocycles. The van der Waals surface area contributed by atoms with Crippen molar-refractivity contribution in [3.05, 3.63) is 59.2 Å². The Balaban J connectivity index is 2.04. The Hall–Kier alpha value is -1.94. The van der Waals surface area contributed by atoms with Crippen LogP contribution in [0.2, 0.25) is 0 Å². The third-order valence-electron chi connectivity index (χ3n) is 2.60. The second-order valence-electron chi connectivity index (χ2n) is 4.02. The van der Waals surface area contributed by atoms with Gasteiger partial charge in [0, 0.05) is 12.6 Å². The quantitative estimate of drug-likeness (QED) is 0.902. The first-order valence-corrected chi connectivity index (χ1v) is 5.73. The molecule has 0 saturated carbocycles. The number of aryl methyl sites for hydroxylation is 1. The summed E-state index contributed by atoms with van der Waals surface area (Å²) in [4.78, 5) is 4.30. The lowest BCUT2D eigenvalue weighted by Crippen LogP contribution is -2.04. The topological polar surface area (TPSA) is 48.1 Å². The first-order valence-electron chi connectivity index (χ1n) is 5.73. The number of pyridine rings is 1. The molecule has 0 aliphatic heterocycles. The van der Waals surface area contributed by atoms with Crippen molar-refractivity contribution in [3.8, 4) is 5.75 Å². The van der Waals surface area contributed by atoms with Crippen LogP contribution >= 0.6 is 0 Å². The van der Waals surface area contributed by atoms with Gasteiger partial charge in [0.2, 0.25) is 0 Å². The maximum absolute atomic E-state index is 13.3. The minimum atomic E-state index is -0.267. The van der Waals surface area contributed by atoms with Gasteiger partial charge in [0.25, 0.3) is 0 Å². The molecule has 3 nitrogen and oxygen atoms in total. The van der Waals surface area contributed by atoms with Crippen LogP contribution in [0.3, 0.4) is 0 Å². The van der Waals surface area contributed by atoms with E-state index in [0.717, 1.165) is 11.4 Å². The number of ether oxygens (including phenoxy) is 1. The predicted octanol–water partition coefficient (Wildman–Crippen LogP) is 2.57. The average Bonchev–Trinajstić information content (AvgIpc) is 2.40. The molecule has 2 N–H and O–H groups in total. The number of hydrogen-bond acceptors (Lipinski definition) is 3. The van der Waals surface area contributed by atoms with E-state index < -0.39 is 0 Å². The first-order chi connectivity index (χ1) is 8.69. The molecule has 0 amide bonds. The highest BCUT2D eigenvalue weighted by molar-refractivity contribution is 5.28. The summed E-state index contributed by atoms with van der Waals surface area (Å²) in [7, 11) is 0. The highest BCUT2D eigenvalue weighted by Crippen LogP contribution is 2.16. The smallest absolute Gasteiger partial charge is 0.130 e. The Morgan fingerprint density at radius 1 is 1.22 bits per heavy atom. The molecule has 0 atom stereocenters. The van der Waals surface area contributed by atoms with Crippen molar-refractivity contribution >= 4 is 0 Å². The van der Waals surface area contributed by atoms with Crippen LogP contribution in [0.1, 0.15) is 17.0 Å². The summed E-state index contributed by atoms with van der Waals surface area (Å²) < 4.78 is 18.8. The lowest BCUT2D eigenvalue weighted by atomic mass is 10.2. The zero-order valence-electron chi connectivity index (χ0n) is 10.2. The van der Waals surface area contributed by atoms with E-state index in [2.05, 4.69) is 4.98 Å². The molecule has 1 aromatic heterocycles. The van der Waals surface area contributed by atoms with E-state index in [1.54, 1.807) is 19.1 Å². The number of aromatic nitrogens is 1. The van der Waals surface area contributed by atoms with Crippen LogP contribution in [-0.4, -0.2) is 4.98 Å². The van der Waals surface area contributed by atoms with E-state index in [4.69, 9.17) is 10.5 Å². The summed E-state index contributed by atoms with van der Waals surface area (Å²) in [6.07, 6.45) is 0. The number of hydrogen-bond donors (Lipinski definition) is 1. The highest BCUT2D eigenvalue weighted by atomic mass is 19.1. The van der Waals surface area contributed by atoms with Crippen molar-refractivity contribution in [2.45, 2.75) is 20.1 Å². The Morgan fingerprint density at radius 3 is 2.72 bits per heavy atom. The fourth-order valence-corrected chi connectivity index (χ4v) is 1.54. The third kappa shape index (κ3) is 3.05. The molecule has 2 aromatic rings. The van der Waals surface area contributed by atoms with Gasteiger partial charge >= 0.3 is 0 Å². The Morgan fingerprint density at radius 2 is 2.00 bits per heavy atom. The number of rotatable bonds is 4. The molecule has 0 bridgehead atoms. The minimum Gasteiger partial charge on any atom is -0.487 e. The van der Waals surface area contributed by atoms with Crippen molar-refractivity contribution in [1.29, 1.82) is 0 Å². The molecule has 0 saturated heterocycles. The fraction of sp³-hybridized carbons (Fsp3) is 0.214. The van der Waals surface area contributed by atoms with Crippen molar-refractivity contribution in [1.82, 2.24) is 4.98 Å². The Kier molecular flexibility index (Phi) is 3.89. The van der Waals surface area contributed by atoms with Gasteiger partial charge in [0.15, 0.2) is 0 Å². The molecule has 4 heteroatoms. The zero-order valence-corrected chi connectivity index (χ0v) is 10.2. The van der Waals surface area contributed by atoms with Gasteiger partial charge in [-0.3, -0.25) is 4.98 Å². The molecule has 0 radical (unpaired) electrons. The van der Waals surface area contributed by atoms with E-state index in [1.807, 2.05) is 18.2 Å². The SMILES string of the molecule is Cc1ccc(OCc2cccc(CN)n2)cc1F. The molecule has 2 rings (SSSR count). The molecule has 1 heterocycles. The Bertz CT molecular complexity index is 543. The average molecular weight is 246 g/mol. The number of nitrogens with zero attached hydrogens (tertiary/aromatic N) is 1. The van der Waals surface area contributed by atoms with Gasteiger partial charge in [-0.2, -0.15) is 0 Å². The normalized spacial score (nSPS) is 10.4. The van der Waals surface area contributed by atoms with Crippen LogP contribution in [-0.2, 0) is 13.2 Å². The third-order valence-corrected chi connectivity index (χ3v) is 2.60. The second kappa shape index (κ2) is 5.60. The van der Waals surface area contributed by atoms with Gasteiger partial charge in [0.05, 0.1) is 11.4 Å². The summed E-state index contributed by atoms with van der Waals surface area (Å²) in [6.45, 7) is 2.41. The summed E-state index contributed by atoms with van der Waals surface area (Å²) in [6, 6.07) is 10.4. The molecular formula is C14H15FN2O. The molecule has 0 unspecified atom stereocenters. The van der Waals surface area contributed by atoms with Crippen molar-refractivity contribution < 1.29 is 9.13 Å². The molecule has 0 aliphatic rings. The molecule has 0 spiro atoms. The van der Waals surface area contributed by atoms with Crippen molar-refractivity contribution in [3.63, 3.8) is 0 Å². The van der Waals surface area contributed by atoms with E-state index >= 15 is 0 Å². The van der Waals surface area contributed by atoms with E-state index in [-0.39, 0.29) is 5.82 Å². The van der Waals surface area contributed by atoms with Crippen molar-refractivity contribution in [2.75, 3.05) is 0 Å². The van der Waals surface area contributed by atoms with Gasteiger partial charge in [-0.15, -0.1) is 0 Å². The molecule has 0 fully saturated rings. The van der Waals surface area contributed by atoms with Crippen LogP contribution in [0.15, 0.2) is 36.4 Å². The second-order valence-corrected chi connectivity index (χ2v) is 4.02. The molecular weight excluding hydrogens is 231 g/mol. The number of halogens is 1. The zero-order chi connectivity index (χ0) is 13.0. The lowest BCUT2D eigenvalue weighted by Gasteiger charge is -2.07. The monoisotopic (exact) mass is 246 g/mol. The Labute approximate surface area is 105 Å². The summed E-state index contributed by atoms with van der Waals surface area (Å²) in [5.41, 5.74) is 7.70.